The molecule has 0 unspecified atom stereocenters. The van der Waals surface area contributed by atoms with E-state index >= 15 is 0 Å². The van der Waals surface area contributed by atoms with Gasteiger partial charge in [0.1, 0.15) is 89.6 Å². The number of hydrogen-bond donors (Lipinski definition) is 12. The molecule has 2 aliphatic rings. The van der Waals surface area contributed by atoms with Gasteiger partial charge in [-0.05, 0) is 24.1 Å². The smallest absolute Gasteiger partial charge is 0.170 e. The molecule has 0 aromatic heterocycles. The minimum atomic E-state index is -1.83. The van der Waals surface area contributed by atoms with Crippen LogP contribution in [-0.2, 0) is 15.9 Å². The number of carbonyl (C=O) groups is 1. The number of hydrogen-bond acceptors (Lipinski definition) is 15. The van der Waals surface area contributed by atoms with E-state index in [9.17, 15) is 66.1 Å². The molecular formula is C27H34O15. The van der Waals surface area contributed by atoms with Crippen LogP contribution >= 0.6 is 0 Å². The zero-order valence-electron chi connectivity index (χ0n) is 22.0. The number of carbonyl (C=O) groups excluding carboxylic acids is 1. The third kappa shape index (κ3) is 5.89. The largest absolute Gasteiger partial charge is 0.508 e. The maximum absolute atomic E-state index is 12.9. The van der Waals surface area contributed by atoms with Crippen LogP contribution in [0.15, 0.2) is 24.3 Å². The Balaban J connectivity index is 1.76. The monoisotopic (exact) mass is 598 g/mol. The van der Waals surface area contributed by atoms with Crippen molar-refractivity contribution in [1.82, 2.24) is 0 Å². The van der Waals surface area contributed by atoms with Crippen molar-refractivity contribution in [2.45, 2.75) is 73.9 Å². The van der Waals surface area contributed by atoms with E-state index in [-0.39, 0.29) is 29.5 Å². The lowest BCUT2D eigenvalue weighted by molar-refractivity contribution is -0.234. The summed E-state index contributed by atoms with van der Waals surface area (Å²) in [6.07, 6.45) is -17.1. The van der Waals surface area contributed by atoms with E-state index < -0.39 is 109 Å². The van der Waals surface area contributed by atoms with Gasteiger partial charge in [-0.2, -0.15) is 0 Å². The molecule has 0 spiro atoms. The maximum atomic E-state index is 12.9. The van der Waals surface area contributed by atoms with Gasteiger partial charge in [-0.3, -0.25) is 4.79 Å². The SMILES string of the molecule is O=C(CCc1cc([C@@H]2O[C@H](CO)[C@@H](O)[C@H](O)[C@H]2O)c(O)c([C@@H]2O[C@H](CO)[C@@H](O)[C@H](O)[C@H]2O)c1)c1c(O)cc(O)cc1O. The van der Waals surface area contributed by atoms with Crippen LogP contribution in [0.2, 0.25) is 0 Å². The van der Waals surface area contributed by atoms with Crippen LogP contribution in [0.3, 0.4) is 0 Å². The van der Waals surface area contributed by atoms with E-state index in [1.807, 2.05) is 0 Å². The van der Waals surface area contributed by atoms with Crippen molar-refractivity contribution < 1.29 is 75.5 Å². The minimum absolute atomic E-state index is 0.159. The lowest BCUT2D eigenvalue weighted by Crippen LogP contribution is -2.55. The van der Waals surface area contributed by atoms with Crippen LogP contribution in [0.25, 0.3) is 0 Å². The van der Waals surface area contributed by atoms with Gasteiger partial charge >= 0.3 is 0 Å². The van der Waals surface area contributed by atoms with Crippen LogP contribution in [0.1, 0.15) is 45.7 Å². The number of aliphatic hydroxyl groups excluding tert-OH is 8. The van der Waals surface area contributed by atoms with E-state index in [4.69, 9.17) is 9.47 Å². The Kier molecular flexibility index (Phi) is 9.58. The van der Waals surface area contributed by atoms with Gasteiger partial charge in [0.2, 0.25) is 0 Å². The average Bonchev–Trinajstić information content (AvgIpc) is 2.94. The summed E-state index contributed by atoms with van der Waals surface area (Å²) < 4.78 is 11.2. The van der Waals surface area contributed by atoms with Crippen molar-refractivity contribution in [2.24, 2.45) is 0 Å². The Morgan fingerprint density at radius 2 is 1.07 bits per heavy atom. The fraction of sp³-hybridized carbons (Fsp3) is 0.519. The number of phenolic OH excluding ortho intramolecular Hbond substituents is 4. The van der Waals surface area contributed by atoms with Gasteiger partial charge in [0.05, 0.1) is 13.2 Å². The molecule has 0 radical (unpaired) electrons. The summed E-state index contributed by atoms with van der Waals surface area (Å²) in [6.45, 7) is -1.54. The fourth-order valence-electron chi connectivity index (χ4n) is 5.31. The van der Waals surface area contributed by atoms with Gasteiger partial charge < -0.3 is 70.8 Å². The molecule has 42 heavy (non-hydrogen) atoms. The number of rotatable bonds is 8. The molecule has 15 heteroatoms. The highest BCUT2D eigenvalue weighted by Crippen LogP contribution is 2.44. The first-order valence-electron chi connectivity index (χ1n) is 13.1. The summed E-state index contributed by atoms with van der Waals surface area (Å²) in [5.41, 5.74) is -0.689. The average molecular weight is 599 g/mol. The van der Waals surface area contributed by atoms with Gasteiger partial charge in [0.25, 0.3) is 0 Å². The van der Waals surface area contributed by atoms with E-state index in [0.717, 1.165) is 12.1 Å². The molecule has 15 nitrogen and oxygen atoms in total. The van der Waals surface area contributed by atoms with Crippen molar-refractivity contribution in [3.63, 3.8) is 0 Å². The molecule has 2 heterocycles. The fourth-order valence-corrected chi connectivity index (χ4v) is 5.31. The summed E-state index contributed by atoms with van der Waals surface area (Å²) >= 11 is 0. The summed E-state index contributed by atoms with van der Waals surface area (Å²) in [4.78, 5) is 12.9. The molecule has 0 amide bonds. The first-order valence-corrected chi connectivity index (χ1v) is 13.1. The standard InChI is InChI=1S/C27H34O15/c28-7-16-20(35)22(37)24(39)26(41-16)11-3-9(1-2-13(31)18-14(32)5-10(30)6-15(18)33)4-12(19(11)34)27-25(40)23(38)21(36)17(8-29)42-27/h3-6,16-17,20-30,32-40H,1-2,7-8H2/t16-,17-,20-,21-,22+,23+,24-,25-,26+,27+/m1/s1. The first-order chi connectivity index (χ1) is 19.8. The first kappa shape index (κ1) is 31.8. The second kappa shape index (κ2) is 12.6. The van der Waals surface area contributed by atoms with E-state index in [2.05, 4.69) is 0 Å². The molecule has 0 aliphatic carbocycles. The number of Topliss-reactive ketones (excluding diaryl/α,β-unsaturated/α-hetero) is 1. The van der Waals surface area contributed by atoms with Gasteiger partial charge in [0, 0.05) is 29.7 Å². The molecule has 10 atom stereocenters. The molecule has 232 valence electrons. The lowest BCUT2D eigenvalue weighted by atomic mass is 9.85. The summed E-state index contributed by atoms with van der Waals surface area (Å²) in [5, 5.41) is 123. The van der Waals surface area contributed by atoms with Crippen LogP contribution in [0, 0.1) is 0 Å². The number of aromatic hydroxyl groups is 4. The quantitative estimate of drug-likeness (QED) is 0.138. The molecule has 4 rings (SSSR count). The molecule has 0 bridgehead atoms. The molecule has 12 N–H and O–H groups in total. The molecule has 2 fully saturated rings. The van der Waals surface area contributed by atoms with Crippen LogP contribution < -0.4 is 0 Å². The second-order valence-corrected chi connectivity index (χ2v) is 10.4. The predicted octanol–water partition coefficient (Wildman–Crippen LogP) is -2.65. The zero-order chi connectivity index (χ0) is 31.0. The number of phenols is 4. The predicted molar refractivity (Wildman–Crippen MR) is 138 cm³/mol. The molecule has 2 saturated heterocycles. The normalized spacial score (nSPS) is 33.4. The molecule has 0 saturated carbocycles. The van der Waals surface area contributed by atoms with Crippen molar-refractivity contribution in [2.75, 3.05) is 13.2 Å². The molecular weight excluding hydrogens is 564 g/mol. The maximum Gasteiger partial charge on any atom is 0.170 e. The summed E-state index contributed by atoms with van der Waals surface area (Å²) in [7, 11) is 0. The van der Waals surface area contributed by atoms with E-state index in [1.165, 1.54) is 12.1 Å². The van der Waals surface area contributed by atoms with Crippen molar-refractivity contribution >= 4 is 5.78 Å². The van der Waals surface area contributed by atoms with Gasteiger partial charge in [0.15, 0.2) is 5.78 Å². The topological polar surface area (TPSA) is 278 Å². The van der Waals surface area contributed by atoms with Crippen LogP contribution in [0.5, 0.6) is 23.0 Å². The second-order valence-electron chi connectivity index (χ2n) is 10.4. The summed E-state index contributed by atoms with van der Waals surface area (Å²) in [6, 6.07) is 4.28. The Hall–Kier alpha value is -3.09. The molecule has 2 aromatic carbocycles. The van der Waals surface area contributed by atoms with Crippen molar-refractivity contribution in [3.8, 4) is 23.0 Å². The van der Waals surface area contributed by atoms with Crippen molar-refractivity contribution in [1.29, 1.82) is 0 Å². The highest BCUT2D eigenvalue weighted by Gasteiger charge is 2.48. The van der Waals surface area contributed by atoms with Gasteiger partial charge in [-0.15, -0.1) is 0 Å². The van der Waals surface area contributed by atoms with Crippen LogP contribution in [-0.4, -0.2) is 129 Å². The van der Waals surface area contributed by atoms with Crippen molar-refractivity contribution in [3.05, 3.63) is 46.5 Å². The minimum Gasteiger partial charge on any atom is -0.508 e. The Morgan fingerprint density at radius 1 is 0.643 bits per heavy atom. The summed E-state index contributed by atoms with van der Waals surface area (Å²) in [5.74, 6) is -3.23. The highest BCUT2D eigenvalue weighted by molar-refractivity contribution is 6.01. The van der Waals surface area contributed by atoms with Crippen LogP contribution in [0.4, 0.5) is 0 Å². The number of aryl methyl sites for hydroxylation is 1. The zero-order valence-corrected chi connectivity index (χ0v) is 22.0. The third-order valence-electron chi connectivity index (χ3n) is 7.63. The van der Waals surface area contributed by atoms with E-state index in [1.54, 1.807) is 0 Å². The highest BCUT2D eigenvalue weighted by atomic mass is 16.6. The Bertz CT molecular complexity index is 1200. The molecule has 2 aliphatic heterocycles. The van der Waals surface area contributed by atoms with Gasteiger partial charge in [-0.25, -0.2) is 0 Å². The number of ether oxygens (including phenoxy) is 2. The Morgan fingerprint density at radius 3 is 1.48 bits per heavy atom. The third-order valence-corrected chi connectivity index (χ3v) is 7.63. The van der Waals surface area contributed by atoms with Gasteiger partial charge in [-0.1, -0.05) is 0 Å². The molecule has 2 aromatic rings. The number of ketones is 1. The lowest BCUT2D eigenvalue weighted by Gasteiger charge is -2.42. The number of benzene rings is 2. The Labute approximate surface area is 238 Å². The number of aliphatic hydroxyl groups is 8. The van der Waals surface area contributed by atoms with E-state index in [0.29, 0.717) is 0 Å².